The summed E-state index contributed by atoms with van der Waals surface area (Å²) in [6.45, 7) is 4.17. The van der Waals surface area contributed by atoms with Gasteiger partial charge in [-0.05, 0) is 30.7 Å². The van der Waals surface area contributed by atoms with Gasteiger partial charge < -0.3 is 9.55 Å². The molecule has 0 fully saturated rings. The van der Waals surface area contributed by atoms with Gasteiger partial charge in [0.25, 0.3) is 0 Å². The number of aryl methyl sites for hydroxylation is 2. The molecule has 4 rings (SSSR count). The van der Waals surface area contributed by atoms with Crippen LogP contribution in [0.3, 0.4) is 0 Å². The van der Waals surface area contributed by atoms with Gasteiger partial charge in [-0.3, -0.25) is 9.88 Å². The zero-order chi connectivity index (χ0) is 19.5. The van der Waals surface area contributed by atoms with Gasteiger partial charge in [0.2, 0.25) is 0 Å². The quantitative estimate of drug-likeness (QED) is 0.535. The van der Waals surface area contributed by atoms with Crippen molar-refractivity contribution in [1.29, 1.82) is 0 Å². The zero-order valence-electron chi connectivity index (χ0n) is 16.1. The molecule has 0 saturated heterocycles. The molecule has 0 aliphatic heterocycles. The van der Waals surface area contributed by atoms with E-state index in [2.05, 4.69) is 37.8 Å². The Labute approximate surface area is 163 Å². The zero-order valence-corrected chi connectivity index (χ0v) is 16.1. The molecule has 28 heavy (non-hydrogen) atoms. The van der Waals surface area contributed by atoms with Crippen LogP contribution in [0.25, 0.3) is 11.0 Å². The summed E-state index contributed by atoms with van der Waals surface area (Å²) in [6.07, 6.45) is 6.23. The average molecular weight is 378 g/mol. The number of rotatable bonds is 7. The van der Waals surface area contributed by atoms with Gasteiger partial charge in [-0.25, -0.2) is 14.4 Å². The lowest BCUT2D eigenvalue weighted by molar-refractivity contribution is 0.247. The van der Waals surface area contributed by atoms with Gasteiger partial charge >= 0.3 is 0 Å². The van der Waals surface area contributed by atoms with Crippen molar-refractivity contribution in [3.05, 3.63) is 77.6 Å². The fraction of sp³-hybridized carbons (Fsp3) is 0.286. The summed E-state index contributed by atoms with van der Waals surface area (Å²) in [4.78, 5) is 18.8. The minimum atomic E-state index is -0.248. The van der Waals surface area contributed by atoms with Crippen molar-refractivity contribution in [2.75, 3.05) is 6.54 Å². The highest BCUT2D eigenvalue weighted by molar-refractivity contribution is 5.76. The van der Waals surface area contributed by atoms with Crippen molar-refractivity contribution < 1.29 is 4.39 Å². The van der Waals surface area contributed by atoms with Crippen molar-refractivity contribution in [3.8, 4) is 0 Å². The largest absolute Gasteiger partial charge is 0.351 e. The molecule has 0 bridgehead atoms. The maximum atomic E-state index is 14.2. The molecule has 0 spiro atoms. The van der Waals surface area contributed by atoms with Crippen LogP contribution in [0.15, 0.2) is 49.1 Å². The van der Waals surface area contributed by atoms with E-state index in [0.717, 1.165) is 35.7 Å². The van der Waals surface area contributed by atoms with Crippen LogP contribution in [0.2, 0.25) is 0 Å². The molecule has 3 aromatic heterocycles. The van der Waals surface area contributed by atoms with Gasteiger partial charge in [-0.2, -0.15) is 0 Å². The number of hydrogen-bond donors (Lipinski definition) is 1. The number of pyridine rings is 1. The molecular formula is C21H23FN6. The summed E-state index contributed by atoms with van der Waals surface area (Å²) in [7, 11) is 1.87. The Balaban J connectivity index is 1.60. The normalized spacial score (nSPS) is 11.6. The van der Waals surface area contributed by atoms with Crippen LogP contribution in [0.5, 0.6) is 0 Å². The first-order valence-electron chi connectivity index (χ1n) is 9.32. The van der Waals surface area contributed by atoms with Gasteiger partial charge in [0.15, 0.2) is 0 Å². The molecule has 1 N–H and O–H groups in total. The van der Waals surface area contributed by atoms with Crippen molar-refractivity contribution >= 4 is 11.0 Å². The first-order valence-corrected chi connectivity index (χ1v) is 9.32. The molecule has 7 heteroatoms. The molecule has 0 saturated carbocycles. The number of aromatic nitrogens is 5. The van der Waals surface area contributed by atoms with Crippen molar-refractivity contribution in [2.24, 2.45) is 7.05 Å². The van der Waals surface area contributed by atoms with Gasteiger partial charge in [-0.15, -0.1) is 0 Å². The average Bonchev–Trinajstić information content (AvgIpc) is 3.31. The number of para-hydroxylation sites is 1. The van der Waals surface area contributed by atoms with E-state index in [9.17, 15) is 4.39 Å². The molecule has 0 amide bonds. The monoisotopic (exact) mass is 378 g/mol. The number of nitrogens with one attached hydrogen (secondary N) is 1. The topological polar surface area (TPSA) is 62.6 Å². The standard InChI is InChI=1S/C21H23FN6/c1-15-5-4-9-24-19(15)12-28(10-8-16-11-23-14-25-16)13-20-26-18-7-3-6-17(22)21(18)27(20)2/h3-7,9,11,14H,8,10,12-13H2,1-2H3,(H,23,25). The molecule has 0 aliphatic carbocycles. The Morgan fingerprint density at radius 1 is 1.14 bits per heavy atom. The molecule has 0 radical (unpaired) electrons. The summed E-state index contributed by atoms with van der Waals surface area (Å²) in [5.74, 6) is 0.582. The Morgan fingerprint density at radius 2 is 2.04 bits per heavy atom. The van der Waals surface area contributed by atoms with E-state index < -0.39 is 0 Å². The highest BCUT2D eigenvalue weighted by Gasteiger charge is 2.16. The number of H-pyrrole nitrogens is 1. The molecule has 1 aromatic carbocycles. The summed E-state index contributed by atoms with van der Waals surface area (Å²) in [5.41, 5.74) is 4.43. The second kappa shape index (κ2) is 7.90. The van der Waals surface area contributed by atoms with E-state index in [0.29, 0.717) is 24.1 Å². The van der Waals surface area contributed by atoms with Crippen LogP contribution in [0.1, 0.15) is 22.8 Å². The lowest BCUT2D eigenvalue weighted by atomic mass is 10.2. The Hall–Kier alpha value is -3.06. The second-order valence-electron chi connectivity index (χ2n) is 6.98. The summed E-state index contributed by atoms with van der Waals surface area (Å²) >= 11 is 0. The van der Waals surface area contributed by atoms with Crippen molar-refractivity contribution in [3.63, 3.8) is 0 Å². The maximum absolute atomic E-state index is 14.2. The molecule has 3 heterocycles. The molecule has 6 nitrogen and oxygen atoms in total. The van der Waals surface area contributed by atoms with Crippen LogP contribution in [0, 0.1) is 12.7 Å². The Kier molecular flexibility index (Phi) is 5.16. The Morgan fingerprint density at radius 3 is 2.79 bits per heavy atom. The van der Waals surface area contributed by atoms with Crippen LogP contribution in [-0.2, 0) is 26.6 Å². The Bertz CT molecular complexity index is 1070. The van der Waals surface area contributed by atoms with E-state index in [1.165, 1.54) is 6.07 Å². The summed E-state index contributed by atoms with van der Waals surface area (Å²) in [6, 6.07) is 9.03. The number of imidazole rings is 2. The van der Waals surface area contributed by atoms with Crippen molar-refractivity contribution in [1.82, 2.24) is 29.4 Å². The summed E-state index contributed by atoms with van der Waals surface area (Å²) in [5, 5.41) is 0. The van der Waals surface area contributed by atoms with Crippen LogP contribution < -0.4 is 0 Å². The van der Waals surface area contributed by atoms with Crippen molar-refractivity contribution in [2.45, 2.75) is 26.4 Å². The van der Waals surface area contributed by atoms with Crippen LogP contribution >= 0.6 is 0 Å². The van der Waals surface area contributed by atoms with Crippen LogP contribution in [-0.4, -0.2) is 35.9 Å². The first kappa shape index (κ1) is 18.3. The van der Waals surface area contributed by atoms with Gasteiger partial charge in [-0.1, -0.05) is 12.1 Å². The predicted octanol–water partition coefficient (Wildman–Crippen LogP) is 3.38. The molecule has 0 aliphatic rings. The van der Waals surface area contributed by atoms with E-state index in [4.69, 9.17) is 0 Å². The van der Waals surface area contributed by atoms with E-state index >= 15 is 0 Å². The molecule has 4 aromatic rings. The fourth-order valence-electron chi connectivity index (χ4n) is 3.42. The molecule has 144 valence electrons. The SMILES string of the molecule is Cc1cccnc1CN(CCc1c[nH]cn1)Cc1nc2cccc(F)c2n1C. The molecular weight excluding hydrogens is 355 g/mol. The number of benzene rings is 1. The number of nitrogens with zero attached hydrogens (tertiary/aromatic N) is 5. The number of fused-ring (bicyclic) bond motifs is 1. The lowest BCUT2D eigenvalue weighted by Gasteiger charge is -2.22. The first-order chi connectivity index (χ1) is 13.6. The molecule has 0 unspecified atom stereocenters. The molecule has 0 atom stereocenters. The highest BCUT2D eigenvalue weighted by Crippen LogP contribution is 2.20. The van der Waals surface area contributed by atoms with E-state index in [1.807, 2.05) is 36.1 Å². The third-order valence-corrected chi connectivity index (χ3v) is 5.03. The minimum absolute atomic E-state index is 0.248. The second-order valence-corrected chi connectivity index (χ2v) is 6.98. The number of aromatic amines is 1. The van der Waals surface area contributed by atoms with E-state index in [-0.39, 0.29) is 5.82 Å². The summed E-state index contributed by atoms with van der Waals surface area (Å²) < 4.78 is 16.1. The van der Waals surface area contributed by atoms with Gasteiger partial charge in [0.1, 0.15) is 17.2 Å². The predicted molar refractivity (Wildman–Crippen MR) is 106 cm³/mol. The number of halogens is 1. The third-order valence-electron chi connectivity index (χ3n) is 5.03. The maximum Gasteiger partial charge on any atom is 0.149 e. The smallest absolute Gasteiger partial charge is 0.149 e. The van der Waals surface area contributed by atoms with Gasteiger partial charge in [0.05, 0.1) is 29.8 Å². The number of hydrogen-bond acceptors (Lipinski definition) is 4. The third kappa shape index (κ3) is 3.80. The fourth-order valence-corrected chi connectivity index (χ4v) is 3.42. The van der Waals surface area contributed by atoms with E-state index in [1.54, 1.807) is 12.4 Å². The highest BCUT2D eigenvalue weighted by atomic mass is 19.1. The minimum Gasteiger partial charge on any atom is -0.351 e. The van der Waals surface area contributed by atoms with Crippen LogP contribution in [0.4, 0.5) is 4.39 Å². The lowest BCUT2D eigenvalue weighted by Crippen LogP contribution is -2.27. The van der Waals surface area contributed by atoms with Gasteiger partial charge in [0, 0.05) is 39.0 Å².